The number of fused-ring (bicyclic) bond motifs is 2. The second kappa shape index (κ2) is 12.3. The smallest absolute Gasteiger partial charge is 0.321 e. The van der Waals surface area contributed by atoms with Crippen LogP contribution in [0, 0.1) is 0 Å². The number of urea groups is 1. The number of amides is 2. The van der Waals surface area contributed by atoms with E-state index in [2.05, 4.69) is 12.2 Å². The van der Waals surface area contributed by atoms with E-state index in [1.807, 2.05) is 72.8 Å². The van der Waals surface area contributed by atoms with Gasteiger partial charge in [-0.05, 0) is 72.2 Å². The summed E-state index contributed by atoms with van der Waals surface area (Å²) in [4.78, 5) is 18.2. The summed E-state index contributed by atoms with van der Waals surface area (Å²) < 4.78 is 22.2. The molecule has 2 N–H and O–H groups in total. The van der Waals surface area contributed by atoms with E-state index in [1.54, 1.807) is 9.80 Å². The van der Waals surface area contributed by atoms with Crippen molar-refractivity contribution < 1.29 is 34.0 Å². The number of hydrogen-bond acceptors (Lipinski definition) is 7. The van der Waals surface area contributed by atoms with Crippen molar-refractivity contribution in [2.24, 2.45) is 0 Å². The van der Waals surface area contributed by atoms with Gasteiger partial charge in [0.05, 0.1) is 12.1 Å². The summed E-state index contributed by atoms with van der Waals surface area (Å²) >= 11 is 0. The highest BCUT2D eigenvalue weighted by atomic mass is 16.7. The number of nitrogens with zero attached hydrogens (tertiary/aromatic N) is 2. The zero-order chi connectivity index (χ0) is 30.0. The summed E-state index contributed by atoms with van der Waals surface area (Å²) in [6, 6.07) is 19.4. The summed E-state index contributed by atoms with van der Waals surface area (Å²) in [5.74, 6) is 2.59. The molecule has 9 heteroatoms. The maximum Gasteiger partial charge on any atom is 0.321 e. The lowest BCUT2D eigenvalue weighted by Crippen LogP contribution is -2.51. The van der Waals surface area contributed by atoms with Crippen LogP contribution in [0.25, 0.3) is 0 Å². The van der Waals surface area contributed by atoms with E-state index < -0.39 is 24.3 Å². The Labute approximate surface area is 256 Å². The third-order valence-electron chi connectivity index (χ3n) is 8.81. The minimum atomic E-state index is -1.23. The number of carbonyl (C=O) groups is 1. The molecular weight excluding hydrogens is 560 g/mol. The van der Waals surface area contributed by atoms with Crippen molar-refractivity contribution >= 4 is 6.03 Å². The second-order valence-corrected chi connectivity index (χ2v) is 11.7. The van der Waals surface area contributed by atoms with Gasteiger partial charge in [0.1, 0.15) is 12.2 Å². The number of rotatable bonds is 8. The Morgan fingerprint density at radius 3 is 1.80 bits per heavy atom. The summed E-state index contributed by atoms with van der Waals surface area (Å²) in [5, 5.41) is 23.9. The molecule has 228 valence electrons. The van der Waals surface area contributed by atoms with Gasteiger partial charge in [0.2, 0.25) is 13.6 Å². The molecule has 0 radical (unpaired) electrons. The first-order valence-corrected chi connectivity index (χ1v) is 15.1. The second-order valence-electron chi connectivity index (χ2n) is 11.7. The van der Waals surface area contributed by atoms with E-state index in [-0.39, 0.29) is 26.2 Å². The van der Waals surface area contributed by atoms with Gasteiger partial charge in [-0.25, -0.2) is 4.79 Å². The number of carbonyl (C=O) groups excluding carboxylic acids is 1. The Morgan fingerprint density at radius 1 is 0.659 bits per heavy atom. The quantitative estimate of drug-likeness (QED) is 0.392. The van der Waals surface area contributed by atoms with Gasteiger partial charge < -0.3 is 39.0 Å². The summed E-state index contributed by atoms with van der Waals surface area (Å²) in [6.45, 7) is 0.908. The van der Waals surface area contributed by atoms with Gasteiger partial charge in [0.25, 0.3) is 0 Å². The molecule has 1 fully saturated rings. The Kier molecular flexibility index (Phi) is 7.89. The van der Waals surface area contributed by atoms with E-state index in [9.17, 15) is 15.0 Å². The SMILES string of the molecule is O=C1N(CC2=CCCC=C2)[C@H](Cc2ccc3c(c2)OCO3)[C@H](O)[C@@H](O)[C@@H](Cc2ccc3c(c2)OCO3)N1Cc1ccccc1. The van der Waals surface area contributed by atoms with E-state index in [4.69, 9.17) is 18.9 Å². The van der Waals surface area contributed by atoms with Gasteiger partial charge >= 0.3 is 6.03 Å². The van der Waals surface area contributed by atoms with Gasteiger partial charge in [-0.2, -0.15) is 0 Å². The highest BCUT2D eigenvalue weighted by molar-refractivity contribution is 5.76. The molecule has 44 heavy (non-hydrogen) atoms. The molecule has 4 atom stereocenters. The van der Waals surface area contributed by atoms with E-state index in [0.717, 1.165) is 35.1 Å². The van der Waals surface area contributed by atoms with Gasteiger partial charge in [-0.1, -0.05) is 60.7 Å². The number of aliphatic hydroxyl groups excluding tert-OH is 2. The summed E-state index contributed by atoms with van der Waals surface area (Å²) in [6.07, 6.45) is 6.35. The van der Waals surface area contributed by atoms with Crippen LogP contribution in [0.3, 0.4) is 0 Å². The van der Waals surface area contributed by atoms with Crippen molar-refractivity contribution in [2.45, 2.75) is 56.5 Å². The van der Waals surface area contributed by atoms with Crippen molar-refractivity contribution in [3.05, 3.63) is 107 Å². The molecule has 3 heterocycles. The molecule has 3 aromatic carbocycles. The molecule has 2 amide bonds. The number of aliphatic hydroxyl groups is 2. The van der Waals surface area contributed by atoms with Crippen LogP contribution in [0.5, 0.6) is 23.0 Å². The lowest BCUT2D eigenvalue weighted by molar-refractivity contribution is -0.0395. The van der Waals surface area contributed by atoms with Crippen LogP contribution < -0.4 is 18.9 Å². The largest absolute Gasteiger partial charge is 0.454 e. The first-order chi connectivity index (χ1) is 21.5. The molecule has 3 aliphatic heterocycles. The van der Waals surface area contributed by atoms with Gasteiger partial charge in [-0.3, -0.25) is 0 Å². The van der Waals surface area contributed by atoms with Crippen LogP contribution in [-0.4, -0.2) is 70.5 Å². The van der Waals surface area contributed by atoms with Crippen molar-refractivity contribution in [1.29, 1.82) is 0 Å². The Morgan fingerprint density at radius 2 is 1.23 bits per heavy atom. The van der Waals surface area contributed by atoms with Crippen LogP contribution in [0.1, 0.15) is 29.5 Å². The summed E-state index contributed by atoms with van der Waals surface area (Å²) in [5.41, 5.74) is 3.69. The number of allylic oxidation sites excluding steroid dienone is 2. The monoisotopic (exact) mass is 596 g/mol. The van der Waals surface area contributed by atoms with Crippen LogP contribution in [-0.2, 0) is 19.4 Å². The predicted molar refractivity (Wildman–Crippen MR) is 163 cm³/mol. The van der Waals surface area contributed by atoms with Gasteiger partial charge in [0, 0.05) is 13.1 Å². The molecular formula is C35H36N2O7. The van der Waals surface area contributed by atoms with Crippen LogP contribution in [0.2, 0.25) is 0 Å². The molecule has 0 saturated carbocycles. The minimum Gasteiger partial charge on any atom is -0.454 e. The zero-order valence-corrected chi connectivity index (χ0v) is 24.4. The fourth-order valence-electron chi connectivity index (χ4n) is 6.48. The van der Waals surface area contributed by atoms with Crippen molar-refractivity contribution in [3.8, 4) is 23.0 Å². The third kappa shape index (κ3) is 5.73. The van der Waals surface area contributed by atoms with E-state index in [0.29, 0.717) is 42.4 Å². The molecule has 0 aromatic heterocycles. The van der Waals surface area contributed by atoms with Gasteiger partial charge in [0.15, 0.2) is 23.0 Å². The van der Waals surface area contributed by atoms with E-state index in [1.165, 1.54) is 0 Å². The average molecular weight is 597 g/mol. The number of benzene rings is 3. The Hall–Kier alpha value is -4.47. The van der Waals surface area contributed by atoms with E-state index >= 15 is 0 Å². The molecule has 9 nitrogen and oxygen atoms in total. The molecule has 0 bridgehead atoms. The molecule has 0 unspecified atom stereocenters. The molecule has 7 rings (SSSR count). The molecule has 1 aliphatic carbocycles. The molecule has 1 saturated heterocycles. The fourth-order valence-corrected chi connectivity index (χ4v) is 6.48. The molecule has 0 spiro atoms. The lowest BCUT2D eigenvalue weighted by atomic mass is 9.90. The first kappa shape index (κ1) is 28.3. The van der Waals surface area contributed by atoms with Gasteiger partial charge in [-0.15, -0.1) is 0 Å². The number of ether oxygens (including phenoxy) is 4. The maximum absolute atomic E-state index is 14.8. The first-order valence-electron chi connectivity index (χ1n) is 15.1. The Bertz CT molecular complexity index is 1570. The van der Waals surface area contributed by atoms with Crippen LogP contribution in [0.15, 0.2) is 90.5 Å². The number of hydrogen-bond donors (Lipinski definition) is 2. The molecule has 3 aromatic rings. The maximum atomic E-state index is 14.8. The van der Waals surface area contributed by atoms with Crippen molar-refractivity contribution in [3.63, 3.8) is 0 Å². The molecule has 4 aliphatic rings. The van der Waals surface area contributed by atoms with Crippen molar-refractivity contribution in [1.82, 2.24) is 9.80 Å². The average Bonchev–Trinajstić information content (AvgIpc) is 3.72. The summed E-state index contributed by atoms with van der Waals surface area (Å²) in [7, 11) is 0. The fraction of sp³-hybridized carbons (Fsp3) is 0.343. The van der Waals surface area contributed by atoms with Crippen LogP contribution >= 0.6 is 0 Å². The predicted octanol–water partition coefficient (Wildman–Crippen LogP) is 4.60. The topological polar surface area (TPSA) is 101 Å². The standard InChI is InChI=1S/C35H36N2O7/c38-33-27(15-25-11-13-29-31(17-25)43-21-41-29)36(19-23-7-3-1-4-8-23)35(40)37(20-24-9-5-2-6-10-24)28(34(33)39)16-26-12-14-30-32(18-26)44-22-42-30/h1,3-5,7-14,17-18,27-28,33-34,38-39H,2,6,15-16,19-22H2/t27-,28-,33+,34+/m1/s1. The third-order valence-corrected chi connectivity index (χ3v) is 8.81. The lowest BCUT2D eigenvalue weighted by Gasteiger charge is -2.36. The highest BCUT2D eigenvalue weighted by Crippen LogP contribution is 2.36. The normalized spacial score (nSPS) is 24.0. The highest BCUT2D eigenvalue weighted by Gasteiger charge is 2.46. The Balaban J connectivity index is 1.27. The van der Waals surface area contributed by atoms with Crippen LogP contribution in [0.4, 0.5) is 4.79 Å². The zero-order valence-electron chi connectivity index (χ0n) is 24.4. The minimum absolute atomic E-state index is 0.156. The van der Waals surface area contributed by atoms with Crippen molar-refractivity contribution in [2.75, 3.05) is 20.1 Å².